The van der Waals surface area contributed by atoms with Gasteiger partial charge in [0.25, 0.3) is 0 Å². The van der Waals surface area contributed by atoms with E-state index in [0.717, 1.165) is 18.3 Å². The summed E-state index contributed by atoms with van der Waals surface area (Å²) in [7, 11) is 2.16. The first-order chi connectivity index (χ1) is 15.3. The monoisotopic (exact) mass is 442 g/mol. The van der Waals surface area contributed by atoms with Gasteiger partial charge < -0.3 is 10.2 Å². The van der Waals surface area contributed by atoms with E-state index in [1.54, 1.807) is 0 Å². The van der Waals surface area contributed by atoms with Gasteiger partial charge >= 0.3 is 0 Å². The molecule has 1 fully saturated rings. The first-order valence-electron chi connectivity index (χ1n) is 12.9. The van der Waals surface area contributed by atoms with Crippen molar-refractivity contribution in [2.24, 2.45) is 17.8 Å². The molecule has 2 rings (SSSR count). The lowest BCUT2D eigenvalue weighted by molar-refractivity contribution is 0.378. The first kappa shape index (κ1) is 32.5. The summed E-state index contributed by atoms with van der Waals surface area (Å²) in [5.74, 6) is 2.42. The third kappa shape index (κ3) is 14.4. The predicted octanol–water partition coefficient (Wildman–Crippen LogP) is 8.33. The third-order valence-electron chi connectivity index (χ3n) is 5.78. The van der Waals surface area contributed by atoms with Gasteiger partial charge in [0.05, 0.1) is 0 Å². The van der Waals surface area contributed by atoms with E-state index in [-0.39, 0.29) is 0 Å². The molecule has 0 saturated carbocycles. The van der Waals surface area contributed by atoms with Crippen LogP contribution in [0, 0.1) is 30.6 Å². The maximum absolute atomic E-state index is 4.00. The molecule has 2 unspecified atom stereocenters. The maximum Gasteiger partial charge on any atom is 0.0405 e. The number of benzene rings is 1. The highest BCUT2D eigenvalue weighted by Gasteiger charge is 2.14. The quantitative estimate of drug-likeness (QED) is 0.445. The molecule has 0 bridgehead atoms. The fraction of sp³-hybridized carbons (Fsp3) is 0.667. The van der Waals surface area contributed by atoms with Gasteiger partial charge in [-0.3, -0.25) is 0 Å². The Bertz CT molecular complexity index is 573. The number of terminal acetylenes is 1. The van der Waals surface area contributed by atoms with Crippen LogP contribution in [0.1, 0.15) is 93.1 Å². The number of anilines is 1. The predicted molar refractivity (Wildman–Crippen MR) is 148 cm³/mol. The Kier molecular flexibility index (Phi) is 21.4. The Morgan fingerprint density at radius 3 is 1.84 bits per heavy atom. The van der Waals surface area contributed by atoms with Crippen LogP contribution in [0.5, 0.6) is 0 Å². The smallest absolute Gasteiger partial charge is 0.0405 e. The number of hydrogen-bond donors (Lipinski definition) is 1. The summed E-state index contributed by atoms with van der Waals surface area (Å²) < 4.78 is 0. The molecule has 0 amide bonds. The van der Waals surface area contributed by atoms with Crippen LogP contribution >= 0.6 is 0 Å². The van der Waals surface area contributed by atoms with Gasteiger partial charge in [-0.2, -0.15) is 0 Å². The number of allylic oxidation sites excluding steroid dienone is 2. The van der Waals surface area contributed by atoms with E-state index in [9.17, 15) is 0 Å². The molecule has 0 radical (unpaired) electrons. The van der Waals surface area contributed by atoms with Crippen molar-refractivity contribution in [3.8, 4) is 12.8 Å². The van der Waals surface area contributed by atoms with Crippen LogP contribution in [-0.4, -0.2) is 20.1 Å². The highest BCUT2D eigenvalue weighted by atomic mass is 15.1. The van der Waals surface area contributed by atoms with Crippen LogP contribution in [0.3, 0.4) is 0 Å². The van der Waals surface area contributed by atoms with E-state index in [4.69, 9.17) is 0 Å². The van der Waals surface area contributed by atoms with Crippen LogP contribution in [-0.2, 0) is 6.42 Å². The van der Waals surface area contributed by atoms with Crippen molar-refractivity contribution in [2.45, 2.75) is 93.9 Å². The Labute approximate surface area is 202 Å². The van der Waals surface area contributed by atoms with Gasteiger partial charge in [0, 0.05) is 18.4 Å². The van der Waals surface area contributed by atoms with Gasteiger partial charge in [0.1, 0.15) is 0 Å². The average Bonchev–Trinajstić information content (AvgIpc) is 2.98. The minimum atomic E-state index is 0.560. The van der Waals surface area contributed by atoms with E-state index in [1.165, 1.54) is 62.1 Å². The number of nitrogens with zero attached hydrogens (tertiary/aromatic N) is 1. The molecule has 0 aliphatic carbocycles. The second-order valence-corrected chi connectivity index (χ2v) is 9.16. The fourth-order valence-electron chi connectivity index (χ4n) is 3.65. The normalized spacial score (nSPS) is 18.1. The van der Waals surface area contributed by atoms with Gasteiger partial charge in [0.2, 0.25) is 0 Å². The molecule has 1 aliphatic heterocycles. The SMILES string of the molecule is C#C.CC/C=C(/C(C)C)N(C)c1ccc(CCC)cc1.CC1CCNCCC1C.CCC. The van der Waals surface area contributed by atoms with Gasteiger partial charge in [-0.15, -0.1) is 12.8 Å². The summed E-state index contributed by atoms with van der Waals surface area (Å²) in [5, 5.41) is 3.41. The van der Waals surface area contributed by atoms with Crippen molar-refractivity contribution < 1.29 is 0 Å². The van der Waals surface area contributed by atoms with Crippen molar-refractivity contribution in [2.75, 3.05) is 25.0 Å². The van der Waals surface area contributed by atoms with Crippen LogP contribution < -0.4 is 10.2 Å². The van der Waals surface area contributed by atoms with Crippen molar-refractivity contribution in [1.82, 2.24) is 5.32 Å². The number of hydrogen-bond acceptors (Lipinski definition) is 2. The highest BCUT2D eigenvalue weighted by molar-refractivity contribution is 5.52. The Morgan fingerprint density at radius 2 is 1.47 bits per heavy atom. The number of aryl methyl sites for hydroxylation is 1. The van der Waals surface area contributed by atoms with Gasteiger partial charge in [-0.05, 0) is 74.2 Å². The second kappa shape index (κ2) is 21.1. The number of nitrogens with one attached hydrogen (secondary N) is 1. The van der Waals surface area contributed by atoms with Crippen molar-refractivity contribution in [3.63, 3.8) is 0 Å². The highest BCUT2D eigenvalue weighted by Crippen LogP contribution is 2.23. The molecule has 1 heterocycles. The van der Waals surface area contributed by atoms with Crippen molar-refractivity contribution in [3.05, 3.63) is 41.6 Å². The largest absolute Gasteiger partial charge is 0.348 e. The standard InChI is InChI=1S/C17H27N.C8H17N.C3H8.C2H2/c1-6-8-15-10-12-16(13-11-15)18(5)17(9-7-2)14(3)4;1-7-3-5-9-6-4-8(7)2;1-3-2;1-2/h9-14H,6-8H2,1-5H3;7-9H,3-6H2,1-2H3;3H2,1-2H3;1-2H/b17-9-;;;. The van der Waals surface area contributed by atoms with Crippen molar-refractivity contribution >= 4 is 5.69 Å². The van der Waals surface area contributed by atoms with Crippen LogP contribution in [0.25, 0.3) is 0 Å². The van der Waals surface area contributed by atoms with Crippen molar-refractivity contribution in [1.29, 1.82) is 0 Å². The molecule has 184 valence electrons. The van der Waals surface area contributed by atoms with E-state index < -0.39 is 0 Å². The van der Waals surface area contributed by atoms with E-state index in [1.807, 2.05) is 0 Å². The molecule has 2 atom stereocenters. The van der Waals surface area contributed by atoms with Gasteiger partial charge in [-0.25, -0.2) is 0 Å². The molecule has 1 aliphatic rings. The second-order valence-electron chi connectivity index (χ2n) is 9.16. The minimum absolute atomic E-state index is 0.560. The van der Waals surface area contributed by atoms with E-state index in [0.29, 0.717) is 5.92 Å². The Hall–Kier alpha value is -1.72. The van der Waals surface area contributed by atoms with Crippen LogP contribution in [0.4, 0.5) is 5.69 Å². The van der Waals surface area contributed by atoms with Gasteiger partial charge in [-0.1, -0.05) is 86.4 Å². The summed E-state index contributed by atoms with van der Waals surface area (Å²) >= 11 is 0. The average molecular weight is 443 g/mol. The maximum atomic E-state index is 4.00. The lowest BCUT2D eigenvalue weighted by Gasteiger charge is -2.26. The van der Waals surface area contributed by atoms with Crippen LogP contribution in [0.15, 0.2) is 36.0 Å². The minimum Gasteiger partial charge on any atom is -0.348 e. The lowest BCUT2D eigenvalue weighted by atomic mass is 9.92. The summed E-state index contributed by atoms with van der Waals surface area (Å²) in [6, 6.07) is 8.96. The topological polar surface area (TPSA) is 15.3 Å². The Morgan fingerprint density at radius 1 is 1.00 bits per heavy atom. The molecule has 1 aromatic rings. The fourth-order valence-corrected chi connectivity index (χ4v) is 3.65. The van der Waals surface area contributed by atoms with Crippen LogP contribution in [0.2, 0.25) is 0 Å². The van der Waals surface area contributed by atoms with E-state index in [2.05, 4.69) is 116 Å². The summed E-state index contributed by atoms with van der Waals surface area (Å²) in [6.07, 6.45) is 17.8. The molecule has 1 N–H and O–H groups in total. The molecule has 2 nitrogen and oxygen atoms in total. The zero-order chi connectivity index (χ0) is 24.9. The summed E-state index contributed by atoms with van der Waals surface area (Å²) in [4.78, 5) is 2.31. The first-order valence-corrected chi connectivity index (χ1v) is 12.9. The molecule has 2 heteroatoms. The summed E-state index contributed by atoms with van der Waals surface area (Å²) in [5.41, 5.74) is 4.12. The molecule has 1 aromatic carbocycles. The molecular formula is C30H54N2. The summed E-state index contributed by atoms with van der Waals surface area (Å²) in [6.45, 7) is 20.3. The van der Waals surface area contributed by atoms with Gasteiger partial charge in [0.15, 0.2) is 0 Å². The zero-order valence-electron chi connectivity index (χ0n) is 22.9. The third-order valence-corrected chi connectivity index (χ3v) is 5.78. The molecule has 0 aromatic heterocycles. The Balaban J connectivity index is 0. The molecule has 32 heavy (non-hydrogen) atoms. The molecule has 0 spiro atoms. The zero-order valence-corrected chi connectivity index (χ0v) is 22.9. The lowest BCUT2D eigenvalue weighted by Crippen LogP contribution is -2.20. The van der Waals surface area contributed by atoms with E-state index >= 15 is 0 Å². The molecular weight excluding hydrogens is 388 g/mol. The number of rotatable bonds is 6. The molecule has 1 saturated heterocycles.